The first-order valence-corrected chi connectivity index (χ1v) is 4.09. The summed E-state index contributed by atoms with van der Waals surface area (Å²) in [4.78, 5) is 10.7. The molecule has 1 atom stereocenters. The van der Waals surface area contributed by atoms with Crippen LogP contribution in [0.4, 0.5) is 0 Å². The Labute approximate surface area is 68.6 Å². The van der Waals surface area contributed by atoms with E-state index in [9.17, 15) is 4.79 Å². The molecule has 1 aliphatic heterocycles. The quantitative estimate of drug-likeness (QED) is 0.665. The van der Waals surface area contributed by atoms with Crippen LogP contribution in [0.5, 0.6) is 0 Å². The van der Waals surface area contributed by atoms with Crippen LogP contribution in [-0.4, -0.2) is 24.7 Å². The zero-order valence-electron chi connectivity index (χ0n) is 7.09. The summed E-state index contributed by atoms with van der Waals surface area (Å²) in [7, 11) is 0. The van der Waals surface area contributed by atoms with Crippen LogP contribution >= 0.6 is 0 Å². The molecule has 0 aromatic carbocycles. The van der Waals surface area contributed by atoms with Crippen LogP contribution in [-0.2, 0) is 9.53 Å². The van der Waals surface area contributed by atoms with Gasteiger partial charge in [0.1, 0.15) is 0 Å². The fourth-order valence-electron chi connectivity index (χ4n) is 1.11. The Bertz CT molecular complexity index is 150. The Hall–Kier alpha value is -0.570. The highest BCUT2D eigenvalue weighted by Crippen LogP contribution is 2.07. The van der Waals surface area contributed by atoms with Gasteiger partial charge < -0.3 is 10.1 Å². The van der Waals surface area contributed by atoms with Gasteiger partial charge in [-0.05, 0) is 20.3 Å². The van der Waals surface area contributed by atoms with Gasteiger partial charge in [0.15, 0.2) is 0 Å². The first kappa shape index (κ1) is 8.53. The van der Waals surface area contributed by atoms with E-state index in [0.717, 1.165) is 6.42 Å². The molecule has 0 spiro atoms. The smallest absolute Gasteiger partial charge is 0.220 e. The third-order valence-corrected chi connectivity index (χ3v) is 1.72. The molecule has 0 unspecified atom stereocenters. The number of amides is 1. The van der Waals surface area contributed by atoms with E-state index in [1.54, 1.807) is 0 Å². The number of hydrogen-bond acceptors (Lipinski definition) is 2. The normalized spacial score (nSPS) is 24.3. The molecule has 3 heteroatoms. The molecule has 0 aromatic rings. The van der Waals surface area contributed by atoms with Gasteiger partial charge in [-0.25, -0.2) is 0 Å². The van der Waals surface area contributed by atoms with Gasteiger partial charge in [-0.2, -0.15) is 0 Å². The predicted octanol–water partition coefficient (Wildman–Crippen LogP) is 0.936. The molecule has 1 saturated heterocycles. The maximum atomic E-state index is 10.7. The molecule has 0 radical (unpaired) electrons. The molecule has 1 heterocycles. The first-order chi connectivity index (χ1) is 5.18. The minimum atomic E-state index is 0. The molecule has 66 valence electrons. The molecule has 1 fully saturated rings. The largest absolute Gasteiger partial charge is 0.377 e. The Balaban J connectivity index is 0.00000121. The summed E-state index contributed by atoms with van der Waals surface area (Å²) in [6.07, 6.45) is 1.84. The minimum Gasteiger partial charge on any atom is -0.377 e. The van der Waals surface area contributed by atoms with Crippen molar-refractivity contribution >= 4 is 5.91 Å². The second kappa shape index (κ2) is 3.72. The predicted molar refractivity (Wildman–Crippen MR) is 44.4 cm³/mol. The van der Waals surface area contributed by atoms with Gasteiger partial charge in [0.2, 0.25) is 5.91 Å². The molecule has 11 heavy (non-hydrogen) atoms. The van der Waals surface area contributed by atoms with Crippen LogP contribution in [0.1, 0.15) is 28.1 Å². The van der Waals surface area contributed by atoms with Gasteiger partial charge in [-0.1, -0.05) is 0 Å². The number of nitrogens with one attached hydrogen (secondary N) is 1. The van der Waals surface area contributed by atoms with Gasteiger partial charge >= 0.3 is 0 Å². The second-order valence-corrected chi connectivity index (χ2v) is 3.19. The van der Waals surface area contributed by atoms with E-state index in [1.165, 1.54) is 0 Å². The molecule has 0 saturated carbocycles. The van der Waals surface area contributed by atoms with E-state index >= 15 is 0 Å². The van der Waals surface area contributed by atoms with Crippen molar-refractivity contribution in [1.82, 2.24) is 5.32 Å². The number of rotatable bonds is 3. The fraction of sp³-hybridized carbons (Fsp3) is 0.875. The van der Waals surface area contributed by atoms with Gasteiger partial charge in [0.05, 0.1) is 18.8 Å². The van der Waals surface area contributed by atoms with E-state index in [2.05, 4.69) is 5.32 Å². The van der Waals surface area contributed by atoms with Crippen LogP contribution in [0.2, 0.25) is 0 Å². The Morgan fingerprint density at radius 2 is 2.55 bits per heavy atom. The standard InChI is InChI=1S/C8H15NO2.H2/c1-6(2)11-5-7-3-4-8(10)9-7;/h6-7H,3-5H2,1-2H3,(H,9,10);1H/t7-;/m0./s1. The lowest BCUT2D eigenvalue weighted by Gasteiger charge is -2.12. The molecule has 1 aliphatic rings. The second-order valence-electron chi connectivity index (χ2n) is 3.19. The van der Waals surface area contributed by atoms with Crippen LogP contribution in [0.15, 0.2) is 0 Å². The summed E-state index contributed by atoms with van der Waals surface area (Å²) < 4.78 is 5.36. The van der Waals surface area contributed by atoms with E-state index in [4.69, 9.17) is 4.74 Å². The van der Waals surface area contributed by atoms with E-state index in [1.807, 2.05) is 13.8 Å². The monoisotopic (exact) mass is 159 g/mol. The van der Waals surface area contributed by atoms with Gasteiger partial charge in [-0.15, -0.1) is 0 Å². The van der Waals surface area contributed by atoms with E-state index < -0.39 is 0 Å². The van der Waals surface area contributed by atoms with Crippen molar-refractivity contribution in [1.29, 1.82) is 0 Å². The first-order valence-electron chi connectivity index (χ1n) is 4.09. The number of hydrogen-bond donors (Lipinski definition) is 1. The highest BCUT2D eigenvalue weighted by molar-refractivity contribution is 5.78. The maximum absolute atomic E-state index is 10.7. The van der Waals surface area contributed by atoms with Crippen molar-refractivity contribution in [2.24, 2.45) is 0 Å². The fourth-order valence-corrected chi connectivity index (χ4v) is 1.11. The molecule has 0 aliphatic carbocycles. The summed E-state index contributed by atoms with van der Waals surface area (Å²) in [5, 5.41) is 2.85. The lowest BCUT2D eigenvalue weighted by molar-refractivity contribution is -0.119. The van der Waals surface area contributed by atoms with E-state index in [-0.39, 0.29) is 19.5 Å². The zero-order valence-corrected chi connectivity index (χ0v) is 7.09. The van der Waals surface area contributed by atoms with Crippen molar-refractivity contribution in [2.45, 2.75) is 38.8 Å². The summed E-state index contributed by atoms with van der Waals surface area (Å²) in [5.41, 5.74) is 0. The van der Waals surface area contributed by atoms with Gasteiger partial charge in [0, 0.05) is 7.85 Å². The average molecular weight is 159 g/mol. The molecule has 0 bridgehead atoms. The summed E-state index contributed by atoms with van der Waals surface area (Å²) in [6, 6.07) is 0.255. The lowest BCUT2D eigenvalue weighted by atomic mass is 10.2. The summed E-state index contributed by atoms with van der Waals surface area (Å²) in [6.45, 7) is 4.65. The number of carbonyl (C=O) groups is 1. The highest BCUT2D eigenvalue weighted by atomic mass is 16.5. The molecule has 1 amide bonds. The lowest BCUT2D eigenvalue weighted by Crippen LogP contribution is -2.30. The molecule has 0 aromatic heterocycles. The topological polar surface area (TPSA) is 38.3 Å². The molecule has 1 rings (SSSR count). The molecular formula is C8H17NO2. The molecule has 3 nitrogen and oxygen atoms in total. The summed E-state index contributed by atoms with van der Waals surface area (Å²) in [5.74, 6) is 0.155. The van der Waals surface area contributed by atoms with Crippen molar-refractivity contribution in [3.05, 3.63) is 0 Å². The van der Waals surface area contributed by atoms with Crippen molar-refractivity contribution in [3.63, 3.8) is 0 Å². The number of ether oxygens (including phenoxy) is 1. The third-order valence-electron chi connectivity index (χ3n) is 1.72. The van der Waals surface area contributed by atoms with Crippen LogP contribution < -0.4 is 5.32 Å². The maximum Gasteiger partial charge on any atom is 0.220 e. The molecular weight excluding hydrogens is 142 g/mol. The van der Waals surface area contributed by atoms with Gasteiger partial charge in [-0.3, -0.25) is 4.79 Å². The van der Waals surface area contributed by atoms with Crippen molar-refractivity contribution in [2.75, 3.05) is 6.61 Å². The Morgan fingerprint density at radius 3 is 3.00 bits per heavy atom. The third kappa shape index (κ3) is 2.89. The zero-order chi connectivity index (χ0) is 8.27. The Morgan fingerprint density at radius 1 is 1.82 bits per heavy atom. The van der Waals surface area contributed by atoms with Gasteiger partial charge in [0.25, 0.3) is 0 Å². The van der Waals surface area contributed by atoms with Crippen molar-refractivity contribution < 1.29 is 11.0 Å². The van der Waals surface area contributed by atoms with E-state index in [0.29, 0.717) is 13.0 Å². The van der Waals surface area contributed by atoms with Crippen LogP contribution in [0, 0.1) is 0 Å². The Kier molecular flexibility index (Phi) is 2.88. The SMILES string of the molecule is CC(C)OC[C@@H]1CCC(=O)N1.[HH]. The van der Waals surface area contributed by atoms with Crippen LogP contribution in [0.3, 0.4) is 0 Å². The summed E-state index contributed by atoms with van der Waals surface area (Å²) >= 11 is 0. The molecule has 1 N–H and O–H groups in total. The van der Waals surface area contributed by atoms with Crippen molar-refractivity contribution in [3.8, 4) is 0 Å². The number of carbonyl (C=O) groups excluding carboxylic acids is 1. The average Bonchev–Trinajstić information content (AvgIpc) is 2.31. The highest BCUT2D eigenvalue weighted by Gasteiger charge is 2.20. The van der Waals surface area contributed by atoms with Crippen LogP contribution in [0.25, 0.3) is 0 Å². The minimum absolute atomic E-state index is 0.